The molecule has 0 fully saturated rings. The molecular weight excluding hydrogens is 672 g/mol. The van der Waals surface area contributed by atoms with Crippen LogP contribution in [0.1, 0.15) is 70.6 Å². The predicted octanol–water partition coefficient (Wildman–Crippen LogP) is -1.20. The van der Waals surface area contributed by atoms with Crippen molar-refractivity contribution in [3.8, 4) is 0 Å². The third-order valence-electron chi connectivity index (χ3n) is 8.07. The lowest BCUT2D eigenvalue weighted by molar-refractivity contribution is -0.136. The maximum atomic E-state index is 13.8. The molecule has 1 aromatic heterocycles. The number of aromatic nitrogens is 2. The van der Waals surface area contributed by atoms with E-state index in [1.807, 2.05) is 44.2 Å². The number of hydrogen-bond acceptors (Lipinski definition) is 10. The lowest BCUT2D eigenvalue weighted by Gasteiger charge is -2.27. The van der Waals surface area contributed by atoms with Crippen LogP contribution >= 0.6 is 0 Å². The molecular formula is C34H56N12O6. The lowest BCUT2D eigenvalue weighted by Crippen LogP contribution is -2.59. The molecule has 0 radical (unpaired) electrons. The highest BCUT2D eigenvalue weighted by atomic mass is 16.5. The molecule has 0 unspecified atom stereocenters. The molecule has 18 heteroatoms. The highest BCUT2D eigenvalue weighted by Crippen LogP contribution is 2.10. The molecule has 0 spiro atoms. The smallest absolute Gasteiger partial charge is 0.265 e. The first-order chi connectivity index (χ1) is 24.8. The Kier molecular flexibility index (Phi) is 19.4. The van der Waals surface area contributed by atoms with Crippen molar-refractivity contribution in [3.63, 3.8) is 0 Å². The van der Waals surface area contributed by atoms with Gasteiger partial charge in [-0.2, -0.15) is 0 Å². The van der Waals surface area contributed by atoms with Crippen LogP contribution in [0.4, 0.5) is 0 Å². The van der Waals surface area contributed by atoms with E-state index in [1.54, 1.807) is 6.92 Å². The molecule has 1 heterocycles. The van der Waals surface area contributed by atoms with Gasteiger partial charge in [0.15, 0.2) is 5.96 Å². The van der Waals surface area contributed by atoms with Gasteiger partial charge in [0.05, 0.1) is 12.4 Å². The zero-order valence-corrected chi connectivity index (χ0v) is 30.2. The van der Waals surface area contributed by atoms with Gasteiger partial charge in [0.25, 0.3) is 5.91 Å². The molecule has 18 nitrogen and oxygen atoms in total. The number of benzene rings is 1. The molecule has 0 saturated heterocycles. The molecule has 0 aliphatic carbocycles. The number of nitrogens with one attached hydrogen (secondary N) is 7. The number of guanidine groups is 1. The van der Waals surface area contributed by atoms with E-state index in [2.05, 4.69) is 41.5 Å². The fraction of sp³-hybridized carbons (Fsp3) is 0.559. The van der Waals surface area contributed by atoms with Crippen LogP contribution in [-0.2, 0) is 36.9 Å². The molecule has 2 rings (SSSR count). The SMILES string of the molecule is CC(C)C[C@H](NC(=O)[C@H](C)NCc1ccccc1)C(=O)N[C@@H](CCCCN)C(=O)N[C@@H](Cc1cnc[nH]1)C(=O)N[C@@H](CCCN=C(N)N)C(=O)NO. The topological polar surface area (TPSA) is 297 Å². The standard InChI is InChI=1S/C34H56N12O6/c1-21(2)16-27(44-29(47)22(3)40-18-23-10-5-4-6-11-23)31(49)42-25(12-7-8-14-35)30(48)45-28(17-24-19-38-20-41-24)32(50)43-26(33(51)46-52)13-9-15-39-34(36)37/h4-6,10-11,19-22,25-28,40,52H,7-9,12-18,35H2,1-3H3,(H,38,41)(H,42,49)(H,43,50)(H,44,47)(H,45,48)(H,46,51)(H4,36,37,39)/t22-,25-,26-,27-,28-/m0/s1. The van der Waals surface area contributed by atoms with Crippen LogP contribution in [-0.4, -0.2) is 94.0 Å². The van der Waals surface area contributed by atoms with Crippen LogP contribution in [0.25, 0.3) is 0 Å². The first-order valence-electron chi connectivity index (χ1n) is 17.5. The van der Waals surface area contributed by atoms with E-state index in [4.69, 9.17) is 17.2 Å². The van der Waals surface area contributed by atoms with Gasteiger partial charge in [0, 0.05) is 31.4 Å². The number of carbonyl (C=O) groups is 5. The Morgan fingerprint density at radius 1 is 0.808 bits per heavy atom. The Balaban J connectivity index is 2.23. The predicted molar refractivity (Wildman–Crippen MR) is 195 cm³/mol. The number of nitrogens with two attached hydrogens (primary N) is 3. The summed E-state index contributed by atoms with van der Waals surface area (Å²) in [6.45, 7) is 6.53. The maximum absolute atomic E-state index is 13.8. The van der Waals surface area contributed by atoms with E-state index in [0.717, 1.165) is 5.56 Å². The number of H-pyrrole nitrogens is 1. The van der Waals surface area contributed by atoms with Crippen molar-refractivity contribution < 1.29 is 29.2 Å². The van der Waals surface area contributed by atoms with Crippen LogP contribution in [0, 0.1) is 5.92 Å². The number of unbranched alkanes of at least 4 members (excludes halogenated alkanes) is 1. The van der Waals surface area contributed by atoms with Gasteiger partial charge in [0.1, 0.15) is 24.2 Å². The summed E-state index contributed by atoms with van der Waals surface area (Å²) in [7, 11) is 0. The average Bonchev–Trinajstić information content (AvgIpc) is 3.63. The van der Waals surface area contributed by atoms with Gasteiger partial charge in [0.2, 0.25) is 23.6 Å². The number of nitrogens with zero attached hydrogens (tertiary/aromatic N) is 2. The molecule has 0 saturated carbocycles. The number of aliphatic imine (C=N–C) groups is 1. The molecule has 0 bridgehead atoms. The van der Waals surface area contributed by atoms with Crippen LogP contribution in [0.2, 0.25) is 0 Å². The molecule has 1 aromatic carbocycles. The van der Waals surface area contributed by atoms with Crippen LogP contribution in [0.3, 0.4) is 0 Å². The minimum Gasteiger partial charge on any atom is -0.370 e. The summed E-state index contributed by atoms with van der Waals surface area (Å²) < 4.78 is 0. The number of rotatable bonds is 24. The first-order valence-corrected chi connectivity index (χ1v) is 17.5. The summed E-state index contributed by atoms with van der Waals surface area (Å²) in [6.07, 6.45) is 4.79. The van der Waals surface area contributed by atoms with Crippen LogP contribution in [0.15, 0.2) is 47.8 Å². The second-order valence-corrected chi connectivity index (χ2v) is 13.0. The van der Waals surface area contributed by atoms with Gasteiger partial charge >= 0.3 is 0 Å². The van der Waals surface area contributed by atoms with Gasteiger partial charge in [-0.25, -0.2) is 10.5 Å². The van der Waals surface area contributed by atoms with E-state index in [1.165, 1.54) is 18.0 Å². The molecule has 52 heavy (non-hydrogen) atoms. The minimum absolute atomic E-state index is 0.0270. The maximum Gasteiger partial charge on any atom is 0.265 e. The lowest BCUT2D eigenvalue weighted by atomic mass is 10.0. The van der Waals surface area contributed by atoms with Gasteiger partial charge in [-0.1, -0.05) is 44.2 Å². The number of amides is 5. The number of aromatic amines is 1. The number of imidazole rings is 1. The second kappa shape index (κ2) is 23.4. The van der Waals surface area contributed by atoms with E-state index in [0.29, 0.717) is 44.5 Å². The van der Waals surface area contributed by atoms with Crippen molar-refractivity contribution in [2.24, 2.45) is 28.1 Å². The molecule has 0 aliphatic rings. The number of carbonyl (C=O) groups excluding carboxylic acids is 5. The number of hydrogen-bond donors (Lipinski definition) is 11. The summed E-state index contributed by atoms with van der Waals surface area (Å²) in [5, 5.41) is 23.4. The summed E-state index contributed by atoms with van der Waals surface area (Å²) in [5.74, 6) is -3.30. The van der Waals surface area contributed by atoms with Crippen molar-refractivity contribution in [1.29, 1.82) is 0 Å². The Bertz CT molecular complexity index is 1420. The largest absolute Gasteiger partial charge is 0.370 e. The van der Waals surface area contributed by atoms with Crippen molar-refractivity contribution in [3.05, 3.63) is 54.1 Å². The van der Waals surface area contributed by atoms with E-state index in [9.17, 15) is 29.2 Å². The molecule has 2 aromatic rings. The summed E-state index contributed by atoms with van der Waals surface area (Å²) in [5.41, 5.74) is 19.5. The molecule has 5 atom stereocenters. The van der Waals surface area contributed by atoms with Crippen molar-refractivity contribution in [2.75, 3.05) is 13.1 Å². The Labute approximate surface area is 304 Å². The zero-order chi connectivity index (χ0) is 38.5. The van der Waals surface area contributed by atoms with Crippen molar-refractivity contribution in [2.45, 2.75) is 102 Å². The minimum atomic E-state index is -1.23. The second-order valence-electron chi connectivity index (χ2n) is 13.0. The van der Waals surface area contributed by atoms with Crippen molar-refractivity contribution >= 4 is 35.5 Å². The molecule has 14 N–H and O–H groups in total. The van der Waals surface area contributed by atoms with E-state index >= 15 is 0 Å². The third-order valence-corrected chi connectivity index (χ3v) is 8.07. The number of hydroxylamine groups is 1. The summed E-state index contributed by atoms with van der Waals surface area (Å²) in [4.78, 5) is 77.5. The van der Waals surface area contributed by atoms with Crippen LogP contribution < -0.4 is 49.3 Å². The fourth-order valence-electron chi connectivity index (χ4n) is 5.21. The Hall–Kier alpha value is -5.07. The Morgan fingerprint density at radius 2 is 1.40 bits per heavy atom. The van der Waals surface area contributed by atoms with Gasteiger partial charge in [-0.3, -0.25) is 34.2 Å². The highest BCUT2D eigenvalue weighted by Gasteiger charge is 2.32. The van der Waals surface area contributed by atoms with Gasteiger partial charge < -0.3 is 48.8 Å². The third kappa shape index (κ3) is 16.3. The zero-order valence-electron chi connectivity index (χ0n) is 30.2. The quantitative estimate of drug-likeness (QED) is 0.0201. The molecule has 288 valence electrons. The molecule has 0 aliphatic heterocycles. The van der Waals surface area contributed by atoms with E-state index < -0.39 is 53.8 Å². The van der Waals surface area contributed by atoms with Gasteiger partial charge in [-0.15, -0.1) is 0 Å². The summed E-state index contributed by atoms with van der Waals surface area (Å²) >= 11 is 0. The Morgan fingerprint density at radius 3 is 2.00 bits per heavy atom. The van der Waals surface area contributed by atoms with E-state index in [-0.39, 0.29) is 43.6 Å². The van der Waals surface area contributed by atoms with Crippen molar-refractivity contribution in [1.82, 2.24) is 42.0 Å². The monoisotopic (exact) mass is 728 g/mol. The fourth-order valence-corrected chi connectivity index (χ4v) is 5.21. The summed E-state index contributed by atoms with van der Waals surface area (Å²) in [6, 6.07) is 4.53. The normalized spacial score (nSPS) is 13.9. The molecule has 5 amide bonds. The van der Waals surface area contributed by atoms with Crippen LogP contribution in [0.5, 0.6) is 0 Å². The average molecular weight is 729 g/mol. The van der Waals surface area contributed by atoms with Gasteiger partial charge in [-0.05, 0) is 63.5 Å². The highest BCUT2D eigenvalue weighted by molar-refractivity contribution is 5.95. The first kappa shape index (κ1) is 43.1.